The third-order valence-corrected chi connectivity index (χ3v) is 5.94. The second-order valence-corrected chi connectivity index (χ2v) is 8.64. The zero-order chi connectivity index (χ0) is 25.9. The highest BCUT2D eigenvalue weighted by Gasteiger charge is 2.15. The van der Waals surface area contributed by atoms with Gasteiger partial charge < -0.3 is 20.1 Å². The standard InChI is InChI=1S/C29H24N4O4/c1-17(34)14-18-5-9-21(10-6-18)31-28(36)20-7-11-24-25(16-20)33-27(32-24)23-15-19(8-12-26(23)35)22-4-3-13-30-29(22)37-2/h3-13,15-16,35H,14H2,1-2H3,(H,31,36)(H,32,33). The minimum atomic E-state index is -0.272. The highest BCUT2D eigenvalue weighted by Crippen LogP contribution is 2.35. The molecular formula is C29H24N4O4. The van der Waals surface area contributed by atoms with E-state index in [0.717, 1.165) is 16.7 Å². The van der Waals surface area contributed by atoms with E-state index in [-0.39, 0.29) is 17.4 Å². The maximum Gasteiger partial charge on any atom is 0.255 e. The van der Waals surface area contributed by atoms with Crippen LogP contribution in [0.25, 0.3) is 33.5 Å². The molecule has 5 rings (SSSR count). The number of H-pyrrole nitrogens is 1. The molecule has 2 heterocycles. The van der Waals surface area contributed by atoms with Crippen molar-refractivity contribution in [3.63, 3.8) is 0 Å². The fourth-order valence-corrected chi connectivity index (χ4v) is 4.14. The summed E-state index contributed by atoms with van der Waals surface area (Å²) < 4.78 is 5.37. The van der Waals surface area contributed by atoms with E-state index in [9.17, 15) is 14.7 Å². The molecular weight excluding hydrogens is 468 g/mol. The Morgan fingerprint density at radius 1 is 1.00 bits per heavy atom. The van der Waals surface area contributed by atoms with E-state index in [1.165, 1.54) is 0 Å². The van der Waals surface area contributed by atoms with Gasteiger partial charge in [0.1, 0.15) is 17.4 Å². The van der Waals surface area contributed by atoms with Crippen molar-refractivity contribution in [2.75, 3.05) is 12.4 Å². The quantitative estimate of drug-likeness (QED) is 0.280. The molecule has 3 aromatic carbocycles. The average Bonchev–Trinajstić information content (AvgIpc) is 3.33. The number of hydrogen-bond acceptors (Lipinski definition) is 6. The number of methoxy groups -OCH3 is 1. The first-order chi connectivity index (χ1) is 17.9. The second-order valence-electron chi connectivity index (χ2n) is 8.64. The van der Waals surface area contributed by atoms with Crippen molar-refractivity contribution < 1.29 is 19.4 Å². The Hall–Kier alpha value is -4.98. The molecule has 5 aromatic rings. The number of ketones is 1. The maximum absolute atomic E-state index is 12.9. The molecule has 8 heteroatoms. The topological polar surface area (TPSA) is 117 Å². The van der Waals surface area contributed by atoms with Crippen LogP contribution in [0.15, 0.2) is 79.0 Å². The first-order valence-electron chi connectivity index (χ1n) is 11.6. The number of anilines is 1. The lowest BCUT2D eigenvalue weighted by Crippen LogP contribution is -2.11. The van der Waals surface area contributed by atoms with Crippen LogP contribution in [0, 0.1) is 0 Å². The summed E-state index contributed by atoms with van der Waals surface area (Å²) in [5.74, 6) is 0.826. The van der Waals surface area contributed by atoms with Crippen molar-refractivity contribution >= 4 is 28.4 Å². The Morgan fingerprint density at radius 2 is 1.81 bits per heavy atom. The van der Waals surface area contributed by atoms with Crippen LogP contribution in [0.5, 0.6) is 11.6 Å². The van der Waals surface area contributed by atoms with E-state index < -0.39 is 0 Å². The van der Waals surface area contributed by atoms with Crippen molar-refractivity contribution in [1.29, 1.82) is 0 Å². The van der Waals surface area contributed by atoms with Gasteiger partial charge in [0.05, 0.1) is 23.7 Å². The van der Waals surface area contributed by atoms with Crippen molar-refractivity contribution in [1.82, 2.24) is 15.0 Å². The molecule has 37 heavy (non-hydrogen) atoms. The fraction of sp³-hybridized carbons (Fsp3) is 0.103. The van der Waals surface area contributed by atoms with Crippen molar-refractivity contribution in [3.05, 3.63) is 90.1 Å². The molecule has 0 aliphatic carbocycles. The van der Waals surface area contributed by atoms with Crippen LogP contribution in [0.4, 0.5) is 5.69 Å². The van der Waals surface area contributed by atoms with Crippen LogP contribution >= 0.6 is 0 Å². The molecule has 0 radical (unpaired) electrons. The zero-order valence-corrected chi connectivity index (χ0v) is 20.3. The number of ether oxygens (including phenoxy) is 1. The molecule has 0 spiro atoms. The lowest BCUT2D eigenvalue weighted by molar-refractivity contribution is -0.116. The monoisotopic (exact) mass is 492 g/mol. The number of rotatable bonds is 7. The minimum absolute atomic E-state index is 0.0665. The smallest absolute Gasteiger partial charge is 0.255 e. The molecule has 184 valence electrons. The number of amides is 1. The number of Topliss-reactive ketones (excluding diaryl/α,β-unsaturated/α-hetero) is 1. The minimum Gasteiger partial charge on any atom is -0.507 e. The normalized spacial score (nSPS) is 10.9. The molecule has 0 aliphatic rings. The van der Waals surface area contributed by atoms with E-state index >= 15 is 0 Å². The summed E-state index contributed by atoms with van der Waals surface area (Å²) in [5, 5.41) is 13.4. The summed E-state index contributed by atoms with van der Waals surface area (Å²) in [4.78, 5) is 36.2. The summed E-state index contributed by atoms with van der Waals surface area (Å²) in [5.41, 5.74) is 5.40. The fourth-order valence-electron chi connectivity index (χ4n) is 4.14. The first-order valence-corrected chi connectivity index (χ1v) is 11.6. The van der Waals surface area contributed by atoms with Gasteiger partial charge in [-0.2, -0.15) is 0 Å². The van der Waals surface area contributed by atoms with E-state index in [4.69, 9.17) is 4.74 Å². The lowest BCUT2D eigenvalue weighted by atomic mass is 10.0. The third kappa shape index (κ3) is 5.04. The number of imidazole rings is 1. The molecule has 0 aliphatic heterocycles. The number of pyridine rings is 1. The summed E-state index contributed by atoms with van der Waals surface area (Å²) in [7, 11) is 1.56. The molecule has 0 saturated heterocycles. The summed E-state index contributed by atoms with van der Waals surface area (Å²) >= 11 is 0. The Labute approximate surface area is 213 Å². The molecule has 1 amide bonds. The van der Waals surface area contributed by atoms with Crippen LogP contribution in [0.1, 0.15) is 22.8 Å². The predicted octanol–water partition coefficient (Wildman–Crippen LogP) is 5.39. The van der Waals surface area contributed by atoms with Crippen LogP contribution in [0.3, 0.4) is 0 Å². The Kier molecular flexibility index (Phi) is 6.38. The van der Waals surface area contributed by atoms with Gasteiger partial charge in [-0.25, -0.2) is 9.97 Å². The van der Waals surface area contributed by atoms with E-state index in [1.54, 1.807) is 62.7 Å². The number of nitrogens with zero attached hydrogens (tertiary/aromatic N) is 2. The number of aromatic amines is 1. The number of fused-ring (bicyclic) bond motifs is 1. The molecule has 0 fully saturated rings. The van der Waals surface area contributed by atoms with Gasteiger partial charge in [0.25, 0.3) is 5.91 Å². The number of phenolic OH excluding ortho intramolecular Hbond substituents is 1. The van der Waals surface area contributed by atoms with E-state index in [2.05, 4.69) is 20.3 Å². The van der Waals surface area contributed by atoms with Gasteiger partial charge in [-0.15, -0.1) is 0 Å². The zero-order valence-electron chi connectivity index (χ0n) is 20.3. The predicted molar refractivity (Wildman–Crippen MR) is 142 cm³/mol. The van der Waals surface area contributed by atoms with Crippen LogP contribution < -0.4 is 10.1 Å². The average molecular weight is 493 g/mol. The molecule has 0 saturated carbocycles. The largest absolute Gasteiger partial charge is 0.507 e. The van der Waals surface area contributed by atoms with Gasteiger partial charge in [-0.1, -0.05) is 18.2 Å². The van der Waals surface area contributed by atoms with Gasteiger partial charge in [-0.05, 0) is 72.6 Å². The summed E-state index contributed by atoms with van der Waals surface area (Å²) in [6.07, 6.45) is 2.02. The van der Waals surface area contributed by atoms with Crippen LogP contribution in [-0.2, 0) is 11.2 Å². The SMILES string of the molecule is COc1ncccc1-c1ccc(O)c(-c2nc3ccc(C(=O)Nc4ccc(CC(C)=O)cc4)cc3[nH]2)c1. The third-order valence-electron chi connectivity index (χ3n) is 5.94. The van der Waals surface area contributed by atoms with Crippen LogP contribution in [-0.4, -0.2) is 38.9 Å². The van der Waals surface area contributed by atoms with Gasteiger partial charge in [0.15, 0.2) is 0 Å². The Bertz CT molecular complexity index is 1620. The summed E-state index contributed by atoms with van der Waals surface area (Å²) in [6.45, 7) is 1.54. The van der Waals surface area contributed by atoms with Crippen molar-refractivity contribution in [2.45, 2.75) is 13.3 Å². The van der Waals surface area contributed by atoms with Gasteiger partial charge in [0.2, 0.25) is 5.88 Å². The molecule has 2 aromatic heterocycles. The van der Waals surface area contributed by atoms with Gasteiger partial charge in [-0.3, -0.25) is 9.59 Å². The highest BCUT2D eigenvalue weighted by molar-refractivity contribution is 6.06. The van der Waals surface area contributed by atoms with Crippen LogP contribution in [0.2, 0.25) is 0 Å². The number of carbonyl (C=O) groups excluding carboxylic acids is 2. The number of phenols is 1. The first kappa shape index (κ1) is 23.7. The number of aromatic nitrogens is 3. The number of hydrogen-bond donors (Lipinski definition) is 3. The molecule has 0 unspecified atom stereocenters. The Balaban J connectivity index is 1.41. The number of benzene rings is 3. The van der Waals surface area contributed by atoms with E-state index in [0.29, 0.717) is 46.0 Å². The number of aromatic hydroxyl groups is 1. The molecule has 0 bridgehead atoms. The lowest BCUT2D eigenvalue weighted by Gasteiger charge is -2.09. The maximum atomic E-state index is 12.9. The number of nitrogens with one attached hydrogen (secondary N) is 2. The highest BCUT2D eigenvalue weighted by atomic mass is 16.5. The van der Waals surface area contributed by atoms with Crippen molar-refractivity contribution in [3.8, 4) is 34.1 Å². The number of carbonyl (C=O) groups is 2. The van der Waals surface area contributed by atoms with Gasteiger partial charge >= 0.3 is 0 Å². The Morgan fingerprint density at radius 3 is 2.57 bits per heavy atom. The van der Waals surface area contributed by atoms with E-state index in [1.807, 2.05) is 30.3 Å². The summed E-state index contributed by atoms with van der Waals surface area (Å²) in [6, 6.07) is 21.3. The molecule has 8 nitrogen and oxygen atoms in total. The second kappa shape index (κ2) is 9.94. The molecule has 0 atom stereocenters. The molecule has 3 N–H and O–H groups in total. The van der Waals surface area contributed by atoms with Crippen molar-refractivity contribution in [2.24, 2.45) is 0 Å². The van der Waals surface area contributed by atoms with Gasteiger partial charge in [0, 0.05) is 29.4 Å².